The first-order valence-electron chi connectivity index (χ1n) is 9.59. The second-order valence-corrected chi connectivity index (χ2v) is 8.45. The van der Waals surface area contributed by atoms with Gasteiger partial charge in [-0.2, -0.15) is 0 Å². The van der Waals surface area contributed by atoms with Gasteiger partial charge in [0.15, 0.2) is 5.78 Å². The molecule has 1 atom stereocenters. The number of aromatic nitrogens is 1. The molecule has 154 valence electrons. The minimum Gasteiger partial charge on any atom is -0.492 e. The lowest BCUT2D eigenvalue weighted by atomic mass is 10.1. The van der Waals surface area contributed by atoms with Gasteiger partial charge in [0.2, 0.25) is 0 Å². The largest absolute Gasteiger partial charge is 0.492 e. The van der Waals surface area contributed by atoms with Crippen LogP contribution in [0.3, 0.4) is 0 Å². The minimum atomic E-state index is -0.512. The smallest absolute Gasteiger partial charge is 0.410 e. The Morgan fingerprint density at radius 1 is 1.24 bits per heavy atom. The summed E-state index contributed by atoms with van der Waals surface area (Å²) in [6, 6.07) is 10.5. The molecule has 1 amide bonds. The molecule has 1 fully saturated rings. The van der Waals surface area contributed by atoms with Gasteiger partial charge in [-0.15, -0.1) is 0 Å². The summed E-state index contributed by atoms with van der Waals surface area (Å²) in [6.07, 6.45) is 2.03. The van der Waals surface area contributed by atoms with Gasteiger partial charge in [0.1, 0.15) is 16.5 Å². The second kappa shape index (κ2) is 8.82. The number of hydrogen-bond donors (Lipinski definition) is 0. The fourth-order valence-corrected chi connectivity index (χ4v) is 3.28. The number of halogens is 1. The number of carbonyl (C=O) groups excluding carboxylic acids is 2. The van der Waals surface area contributed by atoms with Crippen LogP contribution in [-0.4, -0.2) is 47.1 Å². The lowest BCUT2D eigenvalue weighted by Crippen LogP contribution is -2.35. The Balaban J connectivity index is 1.59. The molecule has 1 saturated heterocycles. The monoisotopic (exact) mass is 416 g/mol. The summed E-state index contributed by atoms with van der Waals surface area (Å²) in [7, 11) is 0. The van der Waals surface area contributed by atoms with Crippen molar-refractivity contribution >= 4 is 23.5 Å². The number of ketones is 1. The van der Waals surface area contributed by atoms with Crippen molar-refractivity contribution in [2.24, 2.45) is 5.92 Å². The number of likely N-dealkylation sites (tertiary alicyclic amines) is 1. The van der Waals surface area contributed by atoms with Crippen LogP contribution in [0, 0.1) is 5.92 Å². The van der Waals surface area contributed by atoms with Gasteiger partial charge in [-0.1, -0.05) is 41.9 Å². The maximum Gasteiger partial charge on any atom is 0.410 e. The molecule has 0 unspecified atom stereocenters. The molecule has 2 aromatic rings. The van der Waals surface area contributed by atoms with Crippen molar-refractivity contribution in [3.63, 3.8) is 0 Å². The van der Waals surface area contributed by atoms with Crippen molar-refractivity contribution in [2.45, 2.75) is 32.8 Å². The first-order chi connectivity index (χ1) is 13.7. The Bertz CT molecular complexity index is 880. The summed E-state index contributed by atoms with van der Waals surface area (Å²) in [4.78, 5) is 30.6. The average Bonchev–Trinajstić information content (AvgIpc) is 3.15. The number of amides is 1. The lowest BCUT2D eigenvalue weighted by Gasteiger charge is -2.24. The highest BCUT2D eigenvalue weighted by molar-refractivity contribution is 6.33. The topological polar surface area (TPSA) is 68.7 Å². The summed E-state index contributed by atoms with van der Waals surface area (Å²) in [5, 5.41) is 0.142. The van der Waals surface area contributed by atoms with E-state index in [0.29, 0.717) is 36.6 Å². The van der Waals surface area contributed by atoms with Crippen LogP contribution >= 0.6 is 11.6 Å². The molecule has 1 aromatic carbocycles. The molecule has 6 nitrogen and oxygen atoms in total. The van der Waals surface area contributed by atoms with Crippen molar-refractivity contribution in [2.75, 3.05) is 19.7 Å². The first kappa shape index (κ1) is 21.1. The van der Waals surface area contributed by atoms with Crippen molar-refractivity contribution < 1.29 is 19.1 Å². The number of ether oxygens (including phenoxy) is 2. The van der Waals surface area contributed by atoms with Gasteiger partial charge < -0.3 is 14.4 Å². The van der Waals surface area contributed by atoms with Crippen molar-refractivity contribution in [1.82, 2.24) is 9.88 Å². The predicted octanol–water partition coefficient (Wildman–Crippen LogP) is 4.60. The molecule has 0 N–H and O–H groups in total. The van der Waals surface area contributed by atoms with Crippen LogP contribution in [0.4, 0.5) is 4.79 Å². The maximum atomic E-state index is 12.7. The highest BCUT2D eigenvalue weighted by atomic mass is 35.5. The molecule has 3 rings (SSSR count). The van der Waals surface area contributed by atoms with Crippen LogP contribution in [0.25, 0.3) is 0 Å². The van der Waals surface area contributed by atoms with E-state index in [-0.39, 0.29) is 22.9 Å². The fraction of sp³-hybridized carbons (Fsp3) is 0.409. The molecule has 2 heterocycles. The normalized spacial score (nSPS) is 16.6. The number of carbonyl (C=O) groups is 2. The molecule has 0 saturated carbocycles. The number of nitrogens with zero attached hydrogens (tertiary/aromatic N) is 2. The fourth-order valence-electron chi connectivity index (χ4n) is 3.09. The van der Waals surface area contributed by atoms with E-state index in [1.165, 1.54) is 6.20 Å². The lowest BCUT2D eigenvalue weighted by molar-refractivity contribution is 0.0284. The van der Waals surface area contributed by atoms with Crippen LogP contribution in [0.2, 0.25) is 5.15 Å². The summed E-state index contributed by atoms with van der Waals surface area (Å²) in [5.74, 6) is 0.460. The van der Waals surface area contributed by atoms with Gasteiger partial charge in [-0.05, 0) is 33.3 Å². The van der Waals surface area contributed by atoms with Gasteiger partial charge in [-0.25, -0.2) is 9.78 Å². The number of hydrogen-bond acceptors (Lipinski definition) is 5. The van der Waals surface area contributed by atoms with Crippen LogP contribution in [-0.2, 0) is 4.74 Å². The molecule has 1 aromatic heterocycles. The zero-order valence-electron chi connectivity index (χ0n) is 16.9. The third kappa shape index (κ3) is 5.70. The third-order valence-electron chi connectivity index (χ3n) is 4.52. The third-order valence-corrected chi connectivity index (χ3v) is 4.82. The van der Waals surface area contributed by atoms with Crippen LogP contribution in [0.5, 0.6) is 5.75 Å². The van der Waals surface area contributed by atoms with Gasteiger partial charge in [0, 0.05) is 24.6 Å². The molecule has 29 heavy (non-hydrogen) atoms. The van der Waals surface area contributed by atoms with E-state index in [0.717, 1.165) is 6.42 Å². The first-order valence-corrected chi connectivity index (χ1v) is 9.97. The standard InChI is InChI=1S/C22H25ClN2O4/c1-22(2,3)29-21(27)25-10-9-15(13-25)14-28-17-11-18(20(23)24-12-17)19(26)16-7-5-4-6-8-16/h4-8,11-12,15H,9-10,13-14H2,1-3H3/t15-/m0/s1. The Kier molecular flexibility index (Phi) is 6.42. The molecule has 0 spiro atoms. The van der Waals surface area contributed by atoms with E-state index >= 15 is 0 Å². The highest BCUT2D eigenvalue weighted by Gasteiger charge is 2.30. The Morgan fingerprint density at radius 2 is 1.97 bits per heavy atom. The SMILES string of the molecule is CC(C)(C)OC(=O)N1CC[C@H](COc2cnc(Cl)c(C(=O)c3ccccc3)c2)C1. The summed E-state index contributed by atoms with van der Waals surface area (Å²) < 4.78 is 11.3. The van der Waals surface area contributed by atoms with Crippen molar-refractivity contribution in [3.8, 4) is 5.75 Å². The molecule has 0 bridgehead atoms. The Hall–Kier alpha value is -2.60. The summed E-state index contributed by atoms with van der Waals surface area (Å²) in [6.45, 7) is 7.18. The molecule has 0 aliphatic carbocycles. The summed E-state index contributed by atoms with van der Waals surface area (Å²) in [5.41, 5.74) is 0.330. The minimum absolute atomic E-state index is 0.142. The van der Waals surface area contributed by atoms with Gasteiger partial charge in [-0.3, -0.25) is 4.79 Å². The molecule has 1 aliphatic rings. The number of pyridine rings is 1. The Morgan fingerprint density at radius 3 is 2.66 bits per heavy atom. The summed E-state index contributed by atoms with van der Waals surface area (Å²) >= 11 is 6.13. The zero-order chi connectivity index (χ0) is 21.0. The predicted molar refractivity (Wildman–Crippen MR) is 111 cm³/mol. The van der Waals surface area contributed by atoms with E-state index in [1.807, 2.05) is 26.8 Å². The Labute approximate surface area is 175 Å². The molecular formula is C22H25ClN2O4. The quantitative estimate of drug-likeness (QED) is 0.526. The number of benzene rings is 1. The molecule has 1 aliphatic heterocycles. The van der Waals surface area contributed by atoms with E-state index in [4.69, 9.17) is 21.1 Å². The van der Waals surface area contributed by atoms with Crippen molar-refractivity contribution in [3.05, 3.63) is 58.9 Å². The maximum absolute atomic E-state index is 12.7. The second-order valence-electron chi connectivity index (χ2n) is 8.10. The van der Waals surface area contributed by atoms with Gasteiger partial charge >= 0.3 is 6.09 Å². The van der Waals surface area contributed by atoms with E-state index < -0.39 is 5.60 Å². The van der Waals surface area contributed by atoms with Crippen LogP contribution in [0.15, 0.2) is 42.6 Å². The molecule has 7 heteroatoms. The van der Waals surface area contributed by atoms with E-state index in [1.54, 1.807) is 35.2 Å². The highest BCUT2D eigenvalue weighted by Crippen LogP contribution is 2.24. The van der Waals surface area contributed by atoms with E-state index in [2.05, 4.69) is 4.98 Å². The van der Waals surface area contributed by atoms with Crippen LogP contribution in [0.1, 0.15) is 43.1 Å². The van der Waals surface area contributed by atoms with Gasteiger partial charge in [0.25, 0.3) is 0 Å². The van der Waals surface area contributed by atoms with Gasteiger partial charge in [0.05, 0.1) is 18.4 Å². The zero-order valence-corrected chi connectivity index (χ0v) is 17.6. The molecular weight excluding hydrogens is 392 g/mol. The van der Waals surface area contributed by atoms with Crippen LogP contribution < -0.4 is 4.74 Å². The van der Waals surface area contributed by atoms with E-state index in [9.17, 15) is 9.59 Å². The average molecular weight is 417 g/mol. The molecule has 0 radical (unpaired) electrons. The number of rotatable bonds is 5. The van der Waals surface area contributed by atoms with Crippen molar-refractivity contribution in [1.29, 1.82) is 0 Å².